The number of hydrogen-bond acceptors (Lipinski definition) is 4. The number of unbranched alkanes of at least 4 members (excludes halogenated alkanes) is 2. The van der Waals surface area contributed by atoms with Gasteiger partial charge in [0.1, 0.15) is 0 Å². The van der Waals surface area contributed by atoms with Gasteiger partial charge in [-0.05, 0) is 66.8 Å². The van der Waals surface area contributed by atoms with Crippen LogP contribution in [0.1, 0.15) is 73.1 Å². The Morgan fingerprint density at radius 2 is 1.77 bits per heavy atom. The monoisotopic (exact) mass is 315 g/mol. The molecule has 0 aliphatic carbocycles. The van der Waals surface area contributed by atoms with Crippen molar-refractivity contribution in [3.8, 4) is 0 Å². The number of hydrogen-bond donors (Lipinski definition) is 1. The van der Waals surface area contributed by atoms with Crippen molar-refractivity contribution in [1.29, 1.82) is 0 Å². The predicted octanol–water partition coefficient (Wildman–Crippen LogP) is 2.36. The largest absolute Gasteiger partial charge is 0.466 e. The van der Waals surface area contributed by atoms with E-state index in [-0.39, 0.29) is 17.0 Å². The Morgan fingerprint density at radius 3 is 2.32 bits per heavy atom. The lowest BCUT2D eigenvalue weighted by atomic mass is 9.79. The number of hydroxylamine groups is 2. The molecule has 1 fully saturated rings. The van der Waals surface area contributed by atoms with Crippen molar-refractivity contribution in [3.05, 3.63) is 0 Å². The van der Waals surface area contributed by atoms with E-state index in [2.05, 4.69) is 33.0 Å². The van der Waals surface area contributed by atoms with Crippen LogP contribution in [0.5, 0.6) is 0 Å². The number of nitrogens with one attached hydrogen (secondary N) is 1. The van der Waals surface area contributed by atoms with Crippen molar-refractivity contribution in [3.63, 3.8) is 0 Å². The second-order valence-electron chi connectivity index (χ2n) is 7.64. The zero-order chi connectivity index (χ0) is 16.8. The number of carbonyl (C=O) groups excluding carboxylic acids is 1. The number of piperidine rings is 1. The van der Waals surface area contributed by atoms with E-state index in [0.717, 1.165) is 38.6 Å². The molecule has 1 aliphatic rings. The molecule has 0 atom stereocenters. The average molecular weight is 315 g/mol. The zero-order valence-electron chi connectivity index (χ0n) is 15.0. The van der Waals surface area contributed by atoms with Crippen LogP contribution in [-0.2, 0) is 9.53 Å². The number of ether oxygens (including phenoxy) is 1. The van der Waals surface area contributed by atoms with E-state index in [9.17, 15) is 4.79 Å². The summed E-state index contributed by atoms with van der Waals surface area (Å²) in [5, 5.41) is 13.7. The molecule has 1 heterocycles. The van der Waals surface area contributed by atoms with Crippen LogP contribution in [0.15, 0.2) is 0 Å². The summed E-state index contributed by atoms with van der Waals surface area (Å²) in [6.07, 6.45) is 5.58. The van der Waals surface area contributed by atoms with Crippen molar-refractivity contribution in [2.45, 2.75) is 90.3 Å². The third-order valence-corrected chi connectivity index (χ3v) is 4.50. The molecule has 22 heavy (non-hydrogen) atoms. The summed E-state index contributed by atoms with van der Waals surface area (Å²) in [5.41, 5.74) is -0.188. The normalized spacial score (nSPS) is 21.7. The van der Waals surface area contributed by atoms with Gasteiger partial charge in [0.25, 0.3) is 0 Å². The van der Waals surface area contributed by atoms with Gasteiger partial charge in [0, 0.05) is 12.5 Å². The maximum absolute atomic E-state index is 11.2. The van der Waals surface area contributed by atoms with Gasteiger partial charge in [0.05, 0.1) is 17.7 Å². The molecule has 0 saturated carbocycles. The molecule has 3 N–H and O–H groups in total. The van der Waals surface area contributed by atoms with E-state index in [1.165, 1.54) is 0 Å². The molecule has 0 amide bonds. The van der Waals surface area contributed by atoms with Crippen molar-refractivity contribution < 1.29 is 14.7 Å². The molecular formula is C17H35N2O3+. The highest BCUT2D eigenvalue weighted by molar-refractivity contribution is 5.69. The summed E-state index contributed by atoms with van der Waals surface area (Å²) in [5.74, 6) is -0.0817. The van der Waals surface area contributed by atoms with Crippen LogP contribution in [-0.4, -0.2) is 46.5 Å². The number of carbonyl (C=O) groups is 1. The van der Waals surface area contributed by atoms with Gasteiger partial charge in [-0.15, -0.1) is 0 Å². The van der Waals surface area contributed by atoms with Gasteiger partial charge < -0.3 is 15.3 Å². The van der Waals surface area contributed by atoms with Crippen LogP contribution >= 0.6 is 0 Å². The van der Waals surface area contributed by atoms with E-state index in [0.29, 0.717) is 19.1 Å². The Bertz CT molecular complexity index is 338. The fraction of sp³-hybridized carbons (Fsp3) is 0.941. The molecule has 5 heteroatoms. The Kier molecular flexibility index (Phi) is 7.29. The maximum Gasteiger partial charge on any atom is 0.305 e. The molecule has 0 spiro atoms. The minimum absolute atomic E-state index is 0.0817. The molecule has 0 unspecified atom stereocenters. The van der Waals surface area contributed by atoms with Gasteiger partial charge in [-0.2, -0.15) is 0 Å². The first-order valence-electron chi connectivity index (χ1n) is 8.59. The molecule has 0 aromatic rings. The van der Waals surface area contributed by atoms with E-state index in [4.69, 9.17) is 9.94 Å². The minimum atomic E-state index is -0.0939. The Labute approximate surface area is 135 Å². The second kappa shape index (κ2) is 8.27. The molecule has 1 rings (SSSR count). The maximum atomic E-state index is 11.2. The third-order valence-electron chi connectivity index (χ3n) is 4.50. The van der Waals surface area contributed by atoms with E-state index in [1.54, 1.807) is 5.06 Å². The fourth-order valence-electron chi connectivity index (χ4n) is 3.53. The van der Waals surface area contributed by atoms with Crippen LogP contribution in [0.25, 0.3) is 0 Å². The van der Waals surface area contributed by atoms with E-state index >= 15 is 0 Å². The first-order chi connectivity index (χ1) is 10.2. The lowest BCUT2D eigenvalue weighted by Gasteiger charge is -2.48. The van der Waals surface area contributed by atoms with Crippen LogP contribution in [0, 0.1) is 0 Å². The predicted molar refractivity (Wildman–Crippen MR) is 89.7 cm³/mol. The first kappa shape index (κ1) is 19.4. The minimum Gasteiger partial charge on any atom is -0.466 e. The van der Waals surface area contributed by atoms with Crippen LogP contribution in [0.3, 0.4) is 0 Å². The molecule has 130 valence electrons. The molecule has 0 aromatic heterocycles. The topological polar surface area (TPSA) is 64.5 Å². The Hall–Kier alpha value is -0.650. The molecule has 0 bridgehead atoms. The summed E-state index contributed by atoms with van der Waals surface area (Å²) >= 11 is 0. The highest BCUT2D eigenvalue weighted by atomic mass is 16.5. The van der Waals surface area contributed by atoms with Crippen LogP contribution < -0.4 is 5.32 Å². The summed E-state index contributed by atoms with van der Waals surface area (Å²) in [6, 6.07) is 0.469. The van der Waals surface area contributed by atoms with Crippen molar-refractivity contribution in [1.82, 2.24) is 10.4 Å². The Morgan fingerprint density at radius 1 is 1.18 bits per heavy atom. The zero-order valence-corrected chi connectivity index (χ0v) is 15.0. The van der Waals surface area contributed by atoms with Crippen molar-refractivity contribution >= 4 is 5.97 Å². The molecule has 1 saturated heterocycles. The van der Waals surface area contributed by atoms with E-state index < -0.39 is 0 Å². The number of esters is 1. The molecular weight excluding hydrogens is 280 g/mol. The van der Waals surface area contributed by atoms with Crippen LogP contribution in [0.4, 0.5) is 0 Å². The lowest BCUT2D eigenvalue weighted by Crippen LogP contribution is -2.62. The SMILES string of the molecule is CCOC(=O)CCCCCNC1CC(C)(C)N([OH2+])C(C)(C)C1. The van der Waals surface area contributed by atoms with Gasteiger partial charge >= 0.3 is 5.97 Å². The summed E-state index contributed by atoms with van der Waals surface area (Å²) in [4.78, 5) is 11.2. The van der Waals surface area contributed by atoms with Crippen LogP contribution in [0.2, 0.25) is 0 Å². The number of rotatable bonds is 8. The van der Waals surface area contributed by atoms with Gasteiger partial charge in [0.2, 0.25) is 0 Å². The summed E-state index contributed by atoms with van der Waals surface area (Å²) in [7, 11) is 0. The Balaban J connectivity index is 2.21. The van der Waals surface area contributed by atoms with Crippen molar-refractivity contribution in [2.24, 2.45) is 0 Å². The van der Waals surface area contributed by atoms with Gasteiger partial charge in [-0.25, -0.2) is 0 Å². The fourth-order valence-corrected chi connectivity index (χ4v) is 3.53. The lowest BCUT2D eigenvalue weighted by molar-refractivity contribution is -0.246. The van der Waals surface area contributed by atoms with Crippen molar-refractivity contribution in [2.75, 3.05) is 13.2 Å². The number of nitrogens with zero attached hydrogens (tertiary/aromatic N) is 1. The summed E-state index contributed by atoms with van der Waals surface area (Å²) < 4.78 is 4.92. The van der Waals surface area contributed by atoms with Gasteiger partial charge in [-0.1, -0.05) is 11.5 Å². The second-order valence-corrected chi connectivity index (χ2v) is 7.64. The van der Waals surface area contributed by atoms with Gasteiger partial charge in [0.15, 0.2) is 0 Å². The molecule has 0 aromatic carbocycles. The highest BCUT2D eigenvalue weighted by Crippen LogP contribution is 2.36. The standard InChI is InChI=1S/C17H34N2O3/c1-6-22-15(20)10-8-7-9-11-18-14-12-16(2,3)19(21)17(4,5)13-14/h14,18,21H,6-13H2,1-5H3/p+1. The highest BCUT2D eigenvalue weighted by Gasteiger charge is 2.48. The molecule has 5 nitrogen and oxygen atoms in total. The smallest absolute Gasteiger partial charge is 0.305 e. The first-order valence-corrected chi connectivity index (χ1v) is 8.59. The summed E-state index contributed by atoms with van der Waals surface area (Å²) in [6.45, 7) is 11.9. The third kappa shape index (κ3) is 5.86. The van der Waals surface area contributed by atoms with E-state index in [1.807, 2.05) is 6.92 Å². The molecule has 0 radical (unpaired) electrons. The molecule has 1 aliphatic heterocycles. The van der Waals surface area contributed by atoms with Gasteiger partial charge in [-0.3, -0.25) is 4.79 Å². The quantitative estimate of drug-likeness (QED) is 0.424. The average Bonchev–Trinajstić information content (AvgIpc) is 2.39.